The molecule has 2 aliphatic rings. The third kappa shape index (κ3) is 1.12. The Hall–Kier alpha value is -1.38. The fourth-order valence-electron chi connectivity index (χ4n) is 2.69. The zero-order chi connectivity index (χ0) is 10.5. The second-order valence-corrected chi connectivity index (χ2v) is 4.69. The van der Waals surface area contributed by atoms with Crippen LogP contribution >= 0.6 is 0 Å². The van der Waals surface area contributed by atoms with Crippen LogP contribution in [0.1, 0.15) is 19.3 Å². The van der Waals surface area contributed by atoms with Gasteiger partial charge in [0.2, 0.25) is 0 Å². The average molecular weight is 204 g/mol. The van der Waals surface area contributed by atoms with Crippen molar-refractivity contribution in [3.8, 4) is 5.75 Å². The van der Waals surface area contributed by atoms with Gasteiger partial charge in [0.15, 0.2) is 0 Å². The number of nitrogens with zero attached hydrogens (tertiary/aromatic N) is 1. The zero-order valence-electron chi connectivity index (χ0n) is 8.95. The third-order valence-electron chi connectivity index (χ3n) is 3.95. The van der Waals surface area contributed by atoms with Crippen molar-refractivity contribution >= 4 is 11.4 Å². The van der Waals surface area contributed by atoms with Crippen molar-refractivity contribution < 1.29 is 5.11 Å². The number of hydrogen-bond donors (Lipinski definition) is 2. The molecule has 2 N–H and O–H groups in total. The molecule has 0 aromatic heterocycles. The molecule has 1 aliphatic heterocycles. The Morgan fingerprint density at radius 1 is 1.40 bits per heavy atom. The number of fused-ring (bicyclic) bond motifs is 1. The number of likely N-dealkylation sites (N-methyl/N-ethyl adjacent to an activating group) is 1. The molecule has 80 valence electrons. The lowest BCUT2D eigenvalue weighted by molar-refractivity contribution is 0.248. The average Bonchev–Trinajstić information content (AvgIpc) is 2.15. The first-order valence-electron chi connectivity index (χ1n) is 5.52. The van der Waals surface area contributed by atoms with Crippen LogP contribution in [0.3, 0.4) is 0 Å². The van der Waals surface area contributed by atoms with Crippen molar-refractivity contribution in [2.24, 2.45) is 0 Å². The Morgan fingerprint density at radius 3 is 2.87 bits per heavy atom. The van der Waals surface area contributed by atoms with Crippen LogP contribution in [0.4, 0.5) is 11.4 Å². The van der Waals surface area contributed by atoms with Gasteiger partial charge in [-0.05, 0) is 31.4 Å². The topological polar surface area (TPSA) is 35.5 Å². The van der Waals surface area contributed by atoms with Gasteiger partial charge < -0.3 is 15.3 Å². The van der Waals surface area contributed by atoms with Crippen LogP contribution in [0.5, 0.6) is 5.75 Å². The Labute approximate surface area is 89.7 Å². The van der Waals surface area contributed by atoms with Gasteiger partial charge in [0.1, 0.15) is 5.75 Å². The first-order valence-corrected chi connectivity index (χ1v) is 5.52. The highest BCUT2D eigenvalue weighted by atomic mass is 16.3. The van der Waals surface area contributed by atoms with Crippen LogP contribution in [-0.2, 0) is 0 Å². The lowest BCUT2D eigenvalue weighted by Crippen LogP contribution is -2.59. The molecule has 3 nitrogen and oxygen atoms in total. The van der Waals surface area contributed by atoms with Crippen LogP contribution in [0.15, 0.2) is 18.2 Å². The minimum atomic E-state index is 0.333. The highest BCUT2D eigenvalue weighted by Gasteiger charge is 2.43. The number of rotatable bonds is 0. The molecule has 3 heteroatoms. The van der Waals surface area contributed by atoms with Gasteiger partial charge in [0, 0.05) is 19.7 Å². The molecule has 0 saturated heterocycles. The normalized spacial score (nSPS) is 21.8. The van der Waals surface area contributed by atoms with E-state index in [-0.39, 0.29) is 0 Å². The van der Waals surface area contributed by atoms with E-state index in [1.165, 1.54) is 24.9 Å². The summed E-state index contributed by atoms with van der Waals surface area (Å²) >= 11 is 0. The van der Waals surface area contributed by atoms with E-state index in [2.05, 4.69) is 17.3 Å². The zero-order valence-corrected chi connectivity index (χ0v) is 8.95. The molecule has 1 saturated carbocycles. The van der Waals surface area contributed by atoms with Gasteiger partial charge in [-0.25, -0.2) is 0 Å². The summed E-state index contributed by atoms with van der Waals surface area (Å²) in [6.45, 7) is 1.000. The lowest BCUT2D eigenvalue weighted by atomic mass is 9.74. The first kappa shape index (κ1) is 8.89. The Bertz CT molecular complexity index is 399. The summed E-state index contributed by atoms with van der Waals surface area (Å²) in [6.07, 6.45) is 3.88. The molecule has 0 unspecified atom stereocenters. The smallest absolute Gasteiger partial charge is 0.117 e. The molecule has 0 atom stereocenters. The molecule has 1 spiro atoms. The number of anilines is 2. The Kier molecular flexibility index (Phi) is 1.67. The van der Waals surface area contributed by atoms with Gasteiger partial charge in [-0.15, -0.1) is 0 Å². The van der Waals surface area contributed by atoms with Gasteiger partial charge in [0.05, 0.1) is 16.9 Å². The maximum atomic E-state index is 9.42. The standard InChI is InChI=1S/C12H16N2O/c1-14-11-4-3-9(15)7-10(11)13-8-12(14)5-2-6-12/h3-4,7,13,15H,2,5-6,8H2,1H3. The van der Waals surface area contributed by atoms with Gasteiger partial charge in [0.25, 0.3) is 0 Å². The number of hydrogen-bond acceptors (Lipinski definition) is 3. The van der Waals surface area contributed by atoms with Crippen LogP contribution < -0.4 is 10.2 Å². The fourth-order valence-corrected chi connectivity index (χ4v) is 2.69. The predicted molar refractivity (Wildman–Crippen MR) is 61.6 cm³/mol. The highest BCUT2D eigenvalue weighted by Crippen LogP contribution is 2.45. The van der Waals surface area contributed by atoms with Gasteiger partial charge in [-0.1, -0.05) is 0 Å². The molecule has 0 radical (unpaired) electrons. The van der Waals surface area contributed by atoms with E-state index < -0.39 is 0 Å². The Morgan fingerprint density at radius 2 is 2.20 bits per heavy atom. The van der Waals surface area contributed by atoms with E-state index in [4.69, 9.17) is 0 Å². The summed E-state index contributed by atoms with van der Waals surface area (Å²) in [5, 5.41) is 12.8. The Balaban J connectivity index is 2.02. The maximum Gasteiger partial charge on any atom is 0.117 e. The van der Waals surface area contributed by atoms with E-state index in [1.807, 2.05) is 6.07 Å². The number of nitrogens with one attached hydrogen (secondary N) is 1. The van der Waals surface area contributed by atoms with Crippen LogP contribution in [0, 0.1) is 0 Å². The van der Waals surface area contributed by atoms with E-state index in [0.29, 0.717) is 11.3 Å². The van der Waals surface area contributed by atoms with Crippen molar-refractivity contribution in [2.75, 3.05) is 23.8 Å². The predicted octanol–water partition coefficient (Wildman–Crippen LogP) is 2.18. The van der Waals surface area contributed by atoms with E-state index in [9.17, 15) is 5.11 Å². The second-order valence-electron chi connectivity index (χ2n) is 4.69. The fraction of sp³-hybridized carbons (Fsp3) is 0.500. The van der Waals surface area contributed by atoms with Crippen LogP contribution in [0.25, 0.3) is 0 Å². The van der Waals surface area contributed by atoms with Crippen molar-refractivity contribution in [2.45, 2.75) is 24.8 Å². The summed E-state index contributed by atoms with van der Waals surface area (Å²) in [6, 6.07) is 5.56. The van der Waals surface area contributed by atoms with E-state index in [0.717, 1.165) is 12.2 Å². The van der Waals surface area contributed by atoms with E-state index >= 15 is 0 Å². The number of phenols is 1. The molecule has 15 heavy (non-hydrogen) atoms. The SMILES string of the molecule is CN1c2ccc(O)cc2NCC12CCC2. The van der Waals surface area contributed by atoms with Gasteiger partial charge >= 0.3 is 0 Å². The molecule has 1 heterocycles. The molecule has 0 bridgehead atoms. The van der Waals surface area contributed by atoms with Crippen molar-refractivity contribution in [3.05, 3.63) is 18.2 Å². The van der Waals surface area contributed by atoms with Crippen molar-refractivity contribution in [3.63, 3.8) is 0 Å². The first-order chi connectivity index (χ1) is 7.21. The molecular weight excluding hydrogens is 188 g/mol. The monoisotopic (exact) mass is 204 g/mol. The summed E-state index contributed by atoms with van der Waals surface area (Å²) in [5.74, 6) is 0.333. The summed E-state index contributed by atoms with van der Waals surface area (Å²) in [7, 11) is 2.16. The quantitative estimate of drug-likeness (QED) is 0.680. The lowest BCUT2D eigenvalue weighted by Gasteiger charge is -2.53. The van der Waals surface area contributed by atoms with Crippen molar-refractivity contribution in [1.29, 1.82) is 0 Å². The summed E-state index contributed by atoms with van der Waals surface area (Å²) < 4.78 is 0. The van der Waals surface area contributed by atoms with E-state index in [1.54, 1.807) is 12.1 Å². The summed E-state index contributed by atoms with van der Waals surface area (Å²) in [4.78, 5) is 2.38. The largest absolute Gasteiger partial charge is 0.508 e. The maximum absolute atomic E-state index is 9.42. The third-order valence-corrected chi connectivity index (χ3v) is 3.95. The molecule has 3 rings (SSSR count). The molecular formula is C12H16N2O. The molecule has 1 fully saturated rings. The second kappa shape index (κ2) is 2.81. The number of aromatic hydroxyl groups is 1. The molecule has 1 aromatic rings. The van der Waals surface area contributed by atoms with Crippen LogP contribution in [-0.4, -0.2) is 24.2 Å². The minimum absolute atomic E-state index is 0.333. The number of benzene rings is 1. The van der Waals surface area contributed by atoms with Crippen LogP contribution in [0.2, 0.25) is 0 Å². The summed E-state index contributed by atoms with van der Waals surface area (Å²) in [5.41, 5.74) is 2.60. The number of phenolic OH excluding ortho intramolecular Hbond substituents is 1. The van der Waals surface area contributed by atoms with Crippen molar-refractivity contribution in [1.82, 2.24) is 0 Å². The minimum Gasteiger partial charge on any atom is -0.508 e. The molecule has 1 aromatic carbocycles. The molecule has 1 aliphatic carbocycles. The van der Waals surface area contributed by atoms with Gasteiger partial charge in [-0.2, -0.15) is 0 Å². The highest BCUT2D eigenvalue weighted by molar-refractivity contribution is 5.75. The van der Waals surface area contributed by atoms with Gasteiger partial charge in [-0.3, -0.25) is 0 Å². The molecule has 0 amide bonds.